The van der Waals surface area contributed by atoms with E-state index in [0.29, 0.717) is 3.92 Å². The Labute approximate surface area is 135 Å². The minimum Gasteiger partial charge on any atom is -0.308 e. The first-order chi connectivity index (χ1) is 10.2. The van der Waals surface area contributed by atoms with Gasteiger partial charge in [0.15, 0.2) is 0 Å². The molecule has 0 amide bonds. The number of hydrogen-bond donors (Lipinski definition) is 0. The molecule has 3 rings (SSSR count). The third-order valence-corrected chi connectivity index (χ3v) is 9.20. The van der Waals surface area contributed by atoms with Crippen LogP contribution < -0.4 is 21.2 Å². The Morgan fingerprint density at radius 2 is 1.95 bits per heavy atom. The zero-order chi connectivity index (χ0) is 14.9. The lowest BCUT2D eigenvalue weighted by molar-refractivity contribution is -0.466. The molecule has 1 atom stereocenters. The van der Waals surface area contributed by atoms with Crippen LogP contribution in [0.25, 0.3) is 5.31 Å². The maximum absolute atomic E-state index is 13.0. The van der Waals surface area contributed by atoms with E-state index in [9.17, 15) is 4.57 Å². The zero-order valence-electron chi connectivity index (χ0n) is 12.0. The fraction of sp³-hybridized carbons (Fsp3) is 0.250. The van der Waals surface area contributed by atoms with Crippen LogP contribution >= 0.6 is 7.60 Å². The molecule has 1 aromatic rings. The first kappa shape index (κ1) is 15.2. The lowest BCUT2D eigenvalue weighted by Gasteiger charge is -2.15. The van der Waals surface area contributed by atoms with Crippen molar-refractivity contribution in [3.63, 3.8) is 0 Å². The van der Waals surface area contributed by atoms with Gasteiger partial charge in [0.25, 0.3) is 0 Å². The minimum atomic E-state index is -3.22. The van der Waals surface area contributed by atoms with E-state index in [0.717, 1.165) is 17.3 Å². The molecule has 21 heavy (non-hydrogen) atoms. The molecule has 3 nitrogen and oxygen atoms in total. The predicted octanol–water partition coefficient (Wildman–Crippen LogP) is 1.20. The Balaban J connectivity index is 2.05. The van der Waals surface area contributed by atoms with Gasteiger partial charge in [0, 0.05) is 14.2 Å². The van der Waals surface area contributed by atoms with E-state index >= 15 is 0 Å². The summed E-state index contributed by atoms with van der Waals surface area (Å²) in [5.74, 6) is 0. The van der Waals surface area contributed by atoms with Crippen LogP contribution in [-0.4, -0.2) is 18.1 Å². The average Bonchev–Trinajstić information content (AvgIpc) is 3.10. The van der Waals surface area contributed by atoms with E-state index < -0.39 is 7.60 Å². The van der Waals surface area contributed by atoms with E-state index in [2.05, 4.69) is 18.2 Å². The molecule has 0 N–H and O–H groups in total. The number of allylic oxidation sites excluding steroid dienone is 5. The molecule has 1 saturated heterocycles. The molecule has 1 fully saturated rings. The second kappa shape index (κ2) is 6.21. The summed E-state index contributed by atoms with van der Waals surface area (Å²) < 4.78 is 25.3. The van der Waals surface area contributed by atoms with Gasteiger partial charge >= 0.3 is 28.8 Å². The van der Waals surface area contributed by atoms with E-state index in [4.69, 9.17) is 9.05 Å². The summed E-state index contributed by atoms with van der Waals surface area (Å²) in [5, 5.41) is 0.790. The summed E-state index contributed by atoms with van der Waals surface area (Å²) in [7, 11) is -0.309. The predicted molar refractivity (Wildman–Crippen MR) is 80.6 cm³/mol. The third kappa shape index (κ3) is 2.95. The van der Waals surface area contributed by atoms with Gasteiger partial charge in [-0.25, -0.2) is 0 Å². The monoisotopic (exact) mass is 415 g/mol. The van der Waals surface area contributed by atoms with Gasteiger partial charge in [-0.1, -0.05) is 48.6 Å². The zero-order valence-corrected chi connectivity index (χ0v) is 15.0. The molecule has 5 heteroatoms. The Hall–Kier alpha value is -0.680. The van der Waals surface area contributed by atoms with Crippen molar-refractivity contribution in [2.45, 2.75) is 10.3 Å². The molecule has 2 aliphatic rings. The highest BCUT2D eigenvalue weighted by molar-refractivity contribution is 7.65. The topological polar surface area (TPSA) is 35.5 Å². The van der Waals surface area contributed by atoms with Crippen molar-refractivity contribution < 1.29 is 34.8 Å². The second-order valence-electron chi connectivity index (χ2n) is 4.77. The van der Waals surface area contributed by atoms with Crippen molar-refractivity contribution in [1.29, 1.82) is 0 Å². The molecule has 110 valence electrons. The quantitative estimate of drug-likeness (QED) is 0.412. The molecule has 1 aromatic carbocycles. The highest BCUT2D eigenvalue weighted by atomic mass is 127. The lowest BCUT2D eigenvalue weighted by atomic mass is 10.1. The second-order valence-corrected chi connectivity index (χ2v) is 9.97. The van der Waals surface area contributed by atoms with E-state index in [1.54, 1.807) is 0 Å². The van der Waals surface area contributed by atoms with Crippen molar-refractivity contribution in [3.05, 3.63) is 63.3 Å². The SMILES string of the molecule is COP(=O)(OC)/C(=C1/[I+][C@@H]1C1=CC=CC1)c1ccccc1. The number of hydrogen-bond acceptors (Lipinski definition) is 3. The first-order valence-electron chi connectivity index (χ1n) is 6.70. The molecule has 0 radical (unpaired) electrons. The molecular weight excluding hydrogens is 398 g/mol. The molecule has 1 aliphatic carbocycles. The molecular formula is C16H17IO3P+. The van der Waals surface area contributed by atoms with Gasteiger partial charge in [-0.15, -0.1) is 0 Å². The van der Waals surface area contributed by atoms with Crippen LogP contribution in [0.2, 0.25) is 0 Å². The average molecular weight is 415 g/mol. The Morgan fingerprint density at radius 1 is 1.24 bits per heavy atom. The van der Waals surface area contributed by atoms with Crippen LogP contribution in [0.4, 0.5) is 0 Å². The van der Waals surface area contributed by atoms with Crippen LogP contribution in [0.15, 0.2) is 57.7 Å². The highest BCUT2D eigenvalue weighted by Gasteiger charge is 2.61. The Kier molecular flexibility index (Phi) is 4.50. The highest BCUT2D eigenvalue weighted by Crippen LogP contribution is 2.60. The van der Waals surface area contributed by atoms with Crippen LogP contribution in [0, 0.1) is 0 Å². The molecule has 0 bridgehead atoms. The fourth-order valence-electron chi connectivity index (χ4n) is 2.42. The maximum atomic E-state index is 13.0. The van der Waals surface area contributed by atoms with Crippen molar-refractivity contribution >= 4 is 12.9 Å². The van der Waals surface area contributed by atoms with Crippen molar-refractivity contribution in [1.82, 2.24) is 0 Å². The summed E-state index contributed by atoms with van der Waals surface area (Å²) in [6.07, 6.45) is 7.47. The molecule has 0 spiro atoms. The summed E-state index contributed by atoms with van der Waals surface area (Å²) in [6.45, 7) is 0. The lowest BCUT2D eigenvalue weighted by Crippen LogP contribution is -3.47. The molecule has 0 aromatic heterocycles. The number of halogens is 1. The van der Waals surface area contributed by atoms with Crippen LogP contribution in [0.5, 0.6) is 0 Å². The number of rotatable bonds is 5. The molecule has 1 heterocycles. The largest absolute Gasteiger partial charge is 0.365 e. The molecule has 1 aliphatic heterocycles. The van der Waals surface area contributed by atoms with Gasteiger partial charge in [-0.05, 0) is 17.6 Å². The number of alkyl halides is 1. The first-order valence-corrected chi connectivity index (χ1v) is 10.6. The van der Waals surface area contributed by atoms with E-state index in [1.165, 1.54) is 23.4 Å². The normalized spacial score (nSPS) is 23.1. The van der Waals surface area contributed by atoms with Crippen molar-refractivity contribution in [2.24, 2.45) is 0 Å². The van der Waals surface area contributed by atoms with Gasteiger partial charge in [0.2, 0.25) is 7.50 Å². The van der Waals surface area contributed by atoms with Crippen LogP contribution in [0.3, 0.4) is 0 Å². The smallest absolute Gasteiger partial charge is 0.308 e. The standard InChI is InChI=1S/C16H17IO3P/c1-19-21(18,20-2)16(13-10-4-3-5-11-13)15-14(17-15)12-8-6-7-9-12/h3-8,10-11,14H,9H2,1-2H3/q+1/b16-15+/t14-/m1/s1. The van der Waals surface area contributed by atoms with E-state index in [1.807, 2.05) is 30.3 Å². The van der Waals surface area contributed by atoms with Crippen molar-refractivity contribution in [2.75, 3.05) is 14.2 Å². The van der Waals surface area contributed by atoms with Gasteiger partial charge < -0.3 is 9.05 Å². The van der Waals surface area contributed by atoms with Gasteiger partial charge in [0.1, 0.15) is 5.31 Å². The summed E-state index contributed by atoms with van der Waals surface area (Å²) in [4.78, 5) is 0. The van der Waals surface area contributed by atoms with Gasteiger partial charge in [-0.2, -0.15) is 0 Å². The summed E-state index contributed by atoms with van der Waals surface area (Å²) in [5.41, 5.74) is 2.39. The molecule has 0 unspecified atom stereocenters. The maximum Gasteiger partial charge on any atom is 0.365 e. The summed E-state index contributed by atoms with van der Waals surface area (Å²) >= 11 is -0.110. The van der Waals surface area contributed by atoms with Crippen LogP contribution in [-0.2, 0) is 13.6 Å². The fourth-order valence-corrected chi connectivity index (χ4v) is 7.92. The Bertz CT molecular complexity index is 668. The van der Waals surface area contributed by atoms with Crippen molar-refractivity contribution in [3.8, 4) is 0 Å². The van der Waals surface area contributed by atoms with Crippen LogP contribution in [0.1, 0.15) is 12.0 Å². The van der Waals surface area contributed by atoms with Gasteiger partial charge in [-0.3, -0.25) is 4.57 Å². The summed E-state index contributed by atoms with van der Waals surface area (Å²) in [6, 6.07) is 9.83. The molecule has 0 saturated carbocycles. The number of benzene rings is 1. The third-order valence-electron chi connectivity index (χ3n) is 3.55. The minimum absolute atomic E-state index is 0.110. The van der Waals surface area contributed by atoms with Gasteiger partial charge in [0.05, 0.1) is 0 Å². The van der Waals surface area contributed by atoms with E-state index in [-0.39, 0.29) is 21.2 Å². The Morgan fingerprint density at radius 3 is 2.52 bits per heavy atom.